The van der Waals surface area contributed by atoms with Crippen molar-refractivity contribution in [3.8, 4) is 34.5 Å². The molecule has 0 radical (unpaired) electrons. The van der Waals surface area contributed by atoms with Gasteiger partial charge in [0.1, 0.15) is 24.7 Å². The first-order valence-electron chi connectivity index (χ1n) is 15.6. The third kappa shape index (κ3) is 10.2. The summed E-state index contributed by atoms with van der Waals surface area (Å²) in [7, 11) is -1.90. The van der Waals surface area contributed by atoms with Crippen LogP contribution in [0.25, 0.3) is 23.2 Å². The normalized spacial score (nSPS) is 11.4. The number of carbonyl (C=O) groups is 1. The van der Waals surface area contributed by atoms with E-state index < -0.39 is 13.6 Å². The topological polar surface area (TPSA) is 147 Å². The van der Waals surface area contributed by atoms with Crippen LogP contribution in [-0.2, 0) is 38.0 Å². The molecule has 5 rings (SSSR count). The minimum atomic E-state index is -3.45. The summed E-state index contributed by atoms with van der Waals surface area (Å²) in [6.45, 7) is 6.07. The monoisotopic (exact) mass is 709 g/mol. The van der Waals surface area contributed by atoms with Crippen LogP contribution in [0.15, 0.2) is 89.2 Å². The number of rotatable bonds is 17. The van der Waals surface area contributed by atoms with E-state index >= 15 is 0 Å². The fourth-order valence-electron chi connectivity index (χ4n) is 4.80. The maximum absolute atomic E-state index is 13.1. The first-order valence-corrected chi connectivity index (χ1v) is 17.2. The largest absolute Gasteiger partial charge is 1.00 e. The molecule has 2 heterocycles. The predicted octanol–water partition coefficient (Wildman–Crippen LogP) is 3.54. The average Bonchev–Trinajstić information content (AvgIpc) is 3.69. The molecule has 3 aromatic carbocycles. The van der Waals surface area contributed by atoms with E-state index in [1.807, 2.05) is 42.5 Å². The number of oxazole rings is 1. The van der Waals surface area contributed by atoms with E-state index in [1.54, 1.807) is 75.2 Å². The first-order chi connectivity index (χ1) is 23.7. The molecular weight excluding hydrogens is 672 g/mol. The predicted molar refractivity (Wildman–Crippen MR) is 181 cm³/mol. The molecule has 0 spiro atoms. The van der Waals surface area contributed by atoms with Crippen molar-refractivity contribution in [3.63, 3.8) is 0 Å². The van der Waals surface area contributed by atoms with Gasteiger partial charge in [-0.15, -0.1) is 5.10 Å². The SMILES string of the molecule is CCOP(=O)(/C=C/c1cn(-c2ccccc2)nc1OCc1ccc(OCc2nc(-c3ccc(CC(=O)[O-])cc3)oc2C)c(OC)c1)OCC.[Na+]. The number of carboxylic acids is 1. The molecule has 0 unspecified atom stereocenters. The van der Waals surface area contributed by atoms with Crippen LogP contribution < -0.4 is 48.9 Å². The third-order valence-electron chi connectivity index (χ3n) is 7.19. The Kier molecular flexibility index (Phi) is 14.1. The number of carboxylic acid groups (broad SMARTS) is 1. The number of ether oxygens (including phenoxy) is 3. The molecular formula is C36H37N3NaO9P. The molecule has 0 amide bonds. The molecule has 0 fully saturated rings. The molecule has 0 N–H and O–H groups in total. The number of hydrogen-bond acceptors (Lipinski definition) is 11. The summed E-state index contributed by atoms with van der Waals surface area (Å²) >= 11 is 0. The van der Waals surface area contributed by atoms with E-state index in [2.05, 4.69) is 10.1 Å². The number of benzene rings is 3. The van der Waals surface area contributed by atoms with Crippen molar-refractivity contribution in [1.82, 2.24) is 14.8 Å². The van der Waals surface area contributed by atoms with Gasteiger partial charge in [0.25, 0.3) is 0 Å². The van der Waals surface area contributed by atoms with Crippen molar-refractivity contribution >= 4 is 19.6 Å². The molecule has 14 heteroatoms. The van der Waals surface area contributed by atoms with Crippen LogP contribution in [0.4, 0.5) is 0 Å². The zero-order chi connectivity index (χ0) is 34.8. The summed E-state index contributed by atoms with van der Waals surface area (Å²) in [4.78, 5) is 15.4. The van der Waals surface area contributed by atoms with Crippen LogP contribution in [0.1, 0.15) is 42.0 Å². The van der Waals surface area contributed by atoms with E-state index in [1.165, 1.54) is 5.82 Å². The fourth-order valence-corrected chi connectivity index (χ4v) is 6.11. The molecule has 2 aromatic heterocycles. The Morgan fingerprint density at radius 1 is 0.940 bits per heavy atom. The first kappa shape index (κ1) is 38.6. The Morgan fingerprint density at radius 3 is 2.30 bits per heavy atom. The second-order valence-corrected chi connectivity index (χ2v) is 12.6. The van der Waals surface area contributed by atoms with Crippen LogP contribution in [0, 0.1) is 6.92 Å². The van der Waals surface area contributed by atoms with E-state index in [0.717, 1.165) is 11.3 Å². The second kappa shape index (κ2) is 18.2. The number of nitrogens with zero attached hydrogens (tertiary/aromatic N) is 3. The summed E-state index contributed by atoms with van der Waals surface area (Å²) in [5, 5.41) is 15.5. The van der Waals surface area contributed by atoms with Gasteiger partial charge in [-0.05, 0) is 74.4 Å². The Morgan fingerprint density at radius 2 is 1.64 bits per heavy atom. The van der Waals surface area contributed by atoms with Gasteiger partial charge in [0.15, 0.2) is 11.5 Å². The molecule has 12 nitrogen and oxygen atoms in total. The number of aliphatic carboxylic acids is 1. The van der Waals surface area contributed by atoms with Gasteiger partial charge >= 0.3 is 37.2 Å². The van der Waals surface area contributed by atoms with Crippen LogP contribution in [-0.4, -0.2) is 41.1 Å². The van der Waals surface area contributed by atoms with E-state index in [4.69, 9.17) is 27.7 Å². The van der Waals surface area contributed by atoms with E-state index in [-0.39, 0.29) is 62.4 Å². The zero-order valence-corrected chi connectivity index (χ0v) is 31.6. The summed E-state index contributed by atoms with van der Waals surface area (Å²) in [5.41, 5.74) is 4.16. The van der Waals surface area contributed by atoms with Crippen molar-refractivity contribution in [3.05, 3.63) is 113 Å². The van der Waals surface area contributed by atoms with Gasteiger partial charge in [-0.3, -0.25) is 4.57 Å². The van der Waals surface area contributed by atoms with Crippen molar-refractivity contribution < 1.29 is 71.7 Å². The Labute approximate surface area is 312 Å². The number of aryl methyl sites for hydroxylation is 1. The number of para-hydroxylation sites is 1. The quantitative estimate of drug-likeness (QED) is 0.103. The molecule has 0 aliphatic carbocycles. The minimum absolute atomic E-state index is 0. The molecule has 0 aliphatic rings. The molecule has 256 valence electrons. The van der Waals surface area contributed by atoms with E-state index in [0.29, 0.717) is 51.4 Å². The minimum Gasteiger partial charge on any atom is -0.550 e. The van der Waals surface area contributed by atoms with Crippen molar-refractivity contribution in [2.24, 2.45) is 0 Å². The van der Waals surface area contributed by atoms with Crippen LogP contribution in [0.2, 0.25) is 0 Å². The summed E-state index contributed by atoms with van der Waals surface area (Å²) < 4.78 is 49.3. The Balaban J connectivity index is 0.00000562. The molecule has 5 aromatic rings. The fraction of sp³-hybridized carbons (Fsp3) is 0.250. The molecule has 0 aliphatic heterocycles. The molecule has 0 atom stereocenters. The summed E-state index contributed by atoms with van der Waals surface area (Å²) in [6.07, 6.45) is 3.25. The van der Waals surface area contributed by atoms with Crippen molar-refractivity contribution in [2.45, 2.75) is 40.4 Å². The Hall–Kier alpha value is -4.16. The van der Waals surface area contributed by atoms with Crippen LogP contribution in [0.5, 0.6) is 17.4 Å². The molecule has 0 bridgehead atoms. The number of hydrogen-bond donors (Lipinski definition) is 0. The standard InChI is InChI=1S/C36H38N3O9P.Na/c1-5-46-49(42,47-6-2)19-18-29-22-39(30-10-8-7-9-11-30)38-36(29)45-23-27-14-17-32(33(20-27)43-4)44-24-31-25(3)48-35(37-31)28-15-12-26(13-16-28)21-34(40)41;/h7-20,22H,5-6,21,23-24H2,1-4H3,(H,40,41);/q;+1/p-1/b19-18+;. The molecule has 50 heavy (non-hydrogen) atoms. The number of aromatic nitrogens is 3. The second-order valence-electron chi connectivity index (χ2n) is 10.7. The molecule has 0 saturated carbocycles. The van der Waals surface area contributed by atoms with E-state index in [9.17, 15) is 14.5 Å². The van der Waals surface area contributed by atoms with Gasteiger partial charge in [-0.25, -0.2) is 9.67 Å². The maximum atomic E-state index is 13.1. The van der Waals surface area contributed by atoms with Crippen LogP contribution in [0.3, 0.4) is 0 Å². The molecule has 0 saturated heterocycles. The van der Waals surface area contributed by atoms with Crippen LogP contribution >= 0.6 is 7.60 Å². The third-order valence-corrected chi connectivity index (χ3v) is 8.94. The van der Waals surface area contributed by atoms with Gasteiger partial charge in [-0.1, -0.05) is 36.4 Å². The average molecular weight is 710 g/mol. The smallest absolute Gasteiger partial charge is 0.550 e. The van der Waals surface area contributed by atoms with Gasteiger partial charge in [0.05, 0.1) is 31.6 Å². The van der Waals surface area contributed by atoms with Gasteiger partial charge in [0.2, 0.25) is 11.8 Å². The van der Waals surface area contributed by atoms with Crippen molar-refractivity contribution in [2.75, 3.05) is 20.3 Å². The summed E-state index contributed by atoms with van der Waals surface area (Å²) in [6, 6.07) is 21.9. The summed E-state index contributed by atoms with van der Waals surface area (Å²) in [5.74, 6) is 2.60. The maximum Gasteiger partial charge on any atom is 1.00 e. The Bertz CT molecular complexity index is 1930. The van der Waals surface area contributed by atoms with Gasteiger partial charge in [0, 0.05) is 30.0 Å². The zero-order valence-electron chi connectivity index (χ0n) is 28.7. The number of carbonyl (C=O) groups excluding carboxylic acids is 1. The number of methoxy groups -OCH3 is 1. The van der Waals surface area contributed by atoms with Crippen molar-refractivity contribution in [1.29, 1.82) is 0 Å². The van der Waals surface area contributed by atoms with Gasteiger partial charge < -0.3 is 37.6 Å². The van der Waals surface area contributed by atoms with Gasteiger partial charge in [-0.2, -0.15) is 0 Å².